The fourth-order valence-electron chi connectivity index (χ4n) is 3.57. The molecule has 0 bridgehead atoms. The van der Waals surface area contributed by atoms with Crippen LogP contribution in [0.25, 0.3) is 10.9 Å². The molecule has 1 aliphatic carbocycles. The van der Waals surface area contributed by atoms with Crippen molar-refractivity contribution in [3.63, 3.8) is 0 Å². The maximum absolute atomic E-state index is 5.98. The number of hydrogen-bond acceptors (Lipinski definition) is 7. The number of nitrogens with zero attached hydrogens (tertiary/aromatic N) is 2. The van der Waals surface area contributed by atoms with Gasteiger partial charge in [0.15, 0.2) is 11.5 Å². The van der Waals surface area contributed by atoms with Gasteiger partial charge in [-0.2, -0.15) is 0 Å². The maximum atomic E-state index is 5.98. The van der Waals surface area contributed by atoms with Gasteiger partial charge in [-0.05, 0) is 25.3 Å². The highest BCUT2D eigenvalue weighted by molar-refractivity contribution is 5.96. The van der Waals surface area contributed by atoms with Crippen molar-refractivity contribution in [2.24, 2.45) is 0 Å². The van der Waals surface area contributed by atoms with Gasteiger partial charge in [-0.15, -0.1) is 0 Å². The van der Waals surface area contributed by atoms with Gasteiger partial charge in [-0.3, -0.25) is 0 Å². The number of aromatic nitrogens is 2. The van der Waals surface area contributed by atoms with Crippen LogP contribution in [0.15, 0.2) is 12.4 Å². The summed E-state index contributed by atoms with van der Waals surface area (Å²) in [4.78, 5) is 8.75. The molecule has 0 unspecified atom stereocenters. The number of nitrogens with one attached hydrogen (secondary N) is 1. The van der Waals surface area contributed by atoms with Crippen LogP contribution >= 0.6 is 0 Å². The van der Waals surface area contributed by atoms with Crippen LogP contribution in [-0.4, -0.2) is 50.6 Å². The van der Waals surface area contributed by atoms with Gasteiger partial charge in [0.2, 0.25) is 5.75 Å². The lowest BCUT2D eigenvalue weighted by molar-refractivity contribution is 0.0284. The molecule has 1 aromatic carbocycles. The summed E-state index contributed by atoms with van der Waals surface area (Å²) < 4.78 is 22.4. The first-order valence-corrected chi connectivity index (χ1v) is 9.57. The zero-order valence-corrected chi connectivity index (χ0v) is 16.4. The summed E-state index contributed by atoms with van der Waals surface area (Å²) in [6, 6.07) is 1.87. The van der Waals surface area contributed by atoms with Gasteiger partial charge in [-0.25, -0.2) is 9.97 Å². The number of anilines is 1. The molecule has 1 aliphatic rings. The molecule has 0 aliphatic heterocycles. The van der Waals surface area contributed by atoms with Crippen molar-refractivity contribution in [3.8, 4) is 17.2 Å². The quantitative estimate of drug-likeness (QED) is 0.668. The van der Waals surface area contributed by atoms with E-state index in [9.17, 15) is 0 Å². The van der Waals surface area contributed by atoms with Crippen LogP contribution in [0, 0.1) is 0 Å². The van der Waals surface area contributed by atoms with Crippen LogP contribution in [0.2, 0.25) is 0 Å². The Balaban J connectivity index is 1.67. The van der Waals surface area contributed by atoms with E-state index in [1.165, 1.54) is 38.4 Å². The largest absolute Gasteiger partial charge is 0.493 e. The number of benzene rings is 1. The fourth-order valence-corrected chi connectivity index (χ4v) is 3.57. The lowest BCUT2D eigenvalue weighted by Gasteiger charge is -2.22. The Labute approximate surface area is 160 Å². The third-order valence-corrected chi connectivity index (χ3v) is 4.95. The summed E-state index contributed by atoms with van der Waals surface area (Å²) in [5, 5.41) is 4.22. The molecular weight excluding hydrogens is 346 g/mol. The minimum absolute atomic E-state index is 0.444. The highest BCUT2D eigenvalue weighted by Gasteiger charge is 2.19. The summed E-state index contributed by atoms with van der Waals surface area (Å²) in [5.74, 6) is 2.40. The van der Waals surface area contributed by atoms with E-state index in [2.05, 4.69) is 15.3 Å². The molecule has 1 aromatic heterocycles. The predicted octanol–water partition coefficient (Wildman–Crippen LogP) is 3.81. The molecule has 7 nitrogen and oxygen atoms in total. The van der Waals surface area contributed by atoms with E-state index in [0.717, 1.165) is 30.8 Å². The van der Waals surface area contributed by atoms with Crippen LogP contribution in [0.4, 0.5) is 5.82 Å². The molecule has 27 heavy (non-hydrogen) atoms. The Hall–Kier alpha value is -2.28. The van der Waals surface area contributed by atoms with Crippen molar-refractivity contribution < 1.29 is 18.9 Å². The van der Waals surface area contributed by atoms with E-state index in [1.807, 2.05) is 6.07 Å². The standard InChI is InChI=1S/C20H29N3O4/c1-24-16-12-15-17(19(26-3)18(16)25-2)22-13-23-20(15)21-10-7-11-27-14-8-5-4-6-9-14/h12-14H,4-11H2,1-3H3,(H,21,22,23). The van der Waals surface area contributed by atoms with Crippen LogP contribution in [0.3, 0.4) is 0 Å². The lowest BCUT2D eigenvalue weighted by Crippen LogP contribution is -2.18. The number of ether oxygens (including phenoxy) is 4. The van der Waals surface area contributed by atoms with Crippen molar-refractivity contribution >= 4 is 16.7 Å². The first-order chi connectivity index (χ1) is 13.3. The topological polar surface area (TPSA) is 74.7 Å². The van der Waals surface area contributed by atoms with Gasteiger partial charge < -0.3 is 24.3 Å². The Morgan fingerprint density at radius 2 is 1.78 bits per heavy atom. The molecule has 0 saturated heterocycles. The van der Waals surface area contributed by atoms with E-state index in [4.69, 9.17) is 18.9 Å². The molecule has 0 amide bonds. The van der Waals surface area contributed by atoms with Gasteiger partial charge in [0.25, 0.3) is 0 Å². The van der Waals surface area contributed by atoms with E-state index >= 15 is 0 Å². The zero-order valence-electron chi connectivity index (χ0n) is 16.4. The van der Waals surface area contributed by atoms with Crippen molar-refractivity contribution in [2.45, 2.75) is 44.6 Å². The molecule has 3 rings (SSSR count). The molecule has 0 radical (unpaired) electrons. The van der Waals surface area contributed by atoms with Crippen LogP contribution in [0.1, 0.15) is 38.5 Å². The Morgan fingerprint density at radius 1 is 1.00 bits per heavy atom. The molecule has 2 aromatic rings. The average molecular weight is 375 g/mol. The lowest BCUT2D eigenvalue weighted by atomic mass is 9.98. The highest BCUT2D eigenvalue weighted by atomic mass is 16.5. The summed E-state index contributed by atoms with van der Waals surface area (Å²) in [7, 11) is 4.77. The number of methoxy groups -OCH3 is 3. The van der Waals surface area contributed by atoms with E-state index < -0.39 is 0 Å². The smallest absolute Gasteiger partial charge is 0.205 e. The minimum Gasteiger partial charge on any atom is -0.493 e. The summed E-state index contributed by atoms with van der Waals surface area (Å²) in [5.41, 5.74) is 0.686. The molecule has 148 valence electrons. The van der Waals surface area contributed by atoms with Crippen LogP contribution in [0.5, 0.6) is 17.2 Å². The van der Waals surface area contributed by atoms with Crippen molar-refractivity contribution in [2.75, 3.05) is 39.8 Å². The maximum Gasteiger partial charge on any atom is 0.205 e. The second-order valence-electron chi connectivity index (χ2n) is 6.67. The van der Waals surface area contributed by atoms with Crippen LogP contribution < -0.4 is 19.5 Å². The monoisotopic (exact) mass is 375 g/mol. The van der Waals surface area contributed by atoms with Gasteiger partial charge in [-0.1, -0.05) is 19.3 Å². The number of rotatable bonds is 9. The Kier molecular flexibility index (Phi) is 6.92. The third-order valence-electron chi connectivity index (χ3n) is 4.95. The van der Waals surface area contributed by atoms with Gasteiger partial charge in [0, 0.05) is 13.2 Å². The summed E-state index contributed by atoms with van der Waals surface area (Å²) in [6.45, 7) is 1.54. The van der Waals surface area contributed by atoms with Crippen LogP contribution in [-0.2, 0) is 4.74 Å². The molecule has 0 atom stereocenters. The SMILES string of the molecule is COc1cc2c(NCCCOC3CCCCC3)ncnc2c(OC)c1OC. The zero-order chi connectivity index (χ0) is 19.1. The van der Waals surface area contributed by atoms with Gasteiger partial charge >= 0.3 is 0 Å². The van der Waals surface area contributed by atoms with Crippen molar-refractivity contribution in [1.82, 2.24) is 9.97 Å². The molecule has 1 saturated carbocycles. The molecule has 0 spiro atoms. The van der Waals surface area contributed by atoms with E-state index in [0.29, 0.717) is 28.9 Å². The van der Waals surface area contributed by atoms with Gasteiger partial charge in [0.05, 0.1) is 32.8 Å². The minimum atomic E-state index is 0.444. The number of fused-ring (bicyclic) bond motifs is 1. The summed E-state index contributed by atoms with van der Waals surface area (Å²) >= 11 is 0. The predicted molar refractivity (Wildman–Crippen MR) is 105 cm³/mol. The van der Waals surface area contributed by atoms with Crippen molar-refractivity contribution in [1.29, 1.82) is 0 Å². The second-order valence-corrected chi connectivity index (χ2v) is 6.67. The molecule has 1 fully saturated rings. The fraction of sp³-hybridized carbons (Fsp3) is 0.600. The first kappa shape index (κ1) is 19.5. The second kappa shape index (κ2) is 9.60. The molecule has 1 heterocycles. The van der Waals surface area contributed by atoms with E-state index in [1.54, 1.807) is 21.3 Å². The number of hydrogen-bond donors (Lipinski definition) is 1. The highest BCUT2D eigenvalue weighted by Crippen LogP contribution is 2.43. The normalized spacial score (nSPS) is 14.9. The molecule has 7 heteroatoms. The van der Waals surface area contributed by atoms with Crippen molar-refractivity contribution in [3.05, 3.63) is 12.4 Å². The summed E-state index contributed by atoms with van der Waals surface area (Å²) in [6.07, 6.45) is 9.23. The molecule has 1 N–H and O–H groups in total. The van der Waals surface area contributed by atoms with E-state index in [-0.39, 0.29) is 0 Å². The average Bonchev–Trinajstić information content (AvgIpc) is 2.72. The Morgan fingerprint density at radius 3 is 2.48 bits per heavy atom. The van der Waals surface area contributed by atoms with Gasteiger partial charge in [0.1, 0.15) is 17.7 Å². The first-order valence-electron chi connectivity index (χ1n) is 9.57. The Bertz CT molecular complexity index is 748. The molecular formula is C20H29N3O4. The third kappa shape index (κ3) is 4.53.